The minimum Gasteiger partial charge on any atom is -0.494 e. The Balaban J connectivity index is 2.02. The molecule has 4 heteroatoms. The van der Waals surface area contributed by atoms with Crippen LogP contribution in [-0.2, 0) is 5.41 Å². The second-order valence-corrected chi connectivity index (χ2v) is 6.68. The van der Waals surface area contributed by atoms with E-state index in [2.05, 4.69) is 31.3 Å². The molecule has 3 nitrogen and oxygen atoms in total. The Hall–Kier alpha value is -2.36. The van der Waals surface area contributed by atoms with Crippen molar-refractivity contribution in [2.45, 2.75) is 38.6 Å². The van der Waals surface area contributed by atoms with E-state index in [0.717, 1.165) is 6.42 Å². The van der Waals surface area contributed by atoms with Gasteiger partial charge < -0.3 is 10.1 Å². The number of nitrogens with one attached hydrogen (secondary N) is 1. The highest BCUT2D eigenvalue weighted by atomic mass is 19.1. The molecule has 0 aliphatic carbocycles. The molecule has 0 bridgehead atoms. The molecule has 0 spiro atoms. The van der Waals surface area contributed by atoms with Gasteiger partial charge in [0.25, 0.3) is 5.91 Å². The maximum atomic E-state index is 13.7. The van der Waals surface area contributed by atoms with Crippen molar-refractivity contribution in [2.24, 2.45) is 0 Å². The van der Waals surface area contributed by atoms with E-state index in [1.54, 1.807) is 6.07 Å². The number of halogens is 1. The molecule has 1 atom stereocenters. The lowest BCUT2D eigenvalue weighted by atomic mass is 9.79. The number of carbonyl (C=O) groups excluding carboxylic acids is 1. The summed E-state index contributed by atoms with van der Waals surface area (Å²) in [5.41, 5.74) is 1.44. The lowest BCUT2D eigenvalue weighted by Gasteiger charge is -2.29. The summed E-state index contributed by atoms with van der Waals surface area (Å²) in [6.07, 6.45) is 0.779. The summed E-state index contributed by atoms with van der Waals surface area (Å²) in [6, 6.07) is 14.4. The topological polar surface area (TPSA) is 38.3 Å². The van der Waals surface area contributed by atoms with Crippen LogP contribution in [0, 0.1) is 5.82 Å². The number of amides is 1. The number of benzene rings is 2. The van der Waals surface area contributed by atoms with Crippen LogP contribution in [0.15, 0.2) is 48.5 Å². The number of methoxy groups -OCH3 is 1. The second-order valence-electron chi connectivity index (χ2n) is 6.68. The molecule has 0 saturated carbocycles. The molecule has 1 N–H and O–H groups in total. The molecular weight excluding hydrogens is 305 g/mol. The first-order valence-corrected chi connectivity index (χ1v) is 8.03. The third-order valence-electron chi connectivity index (χ3n) is 4.16. The maximum absolute atomic E-state index is 13.7. The van der Waals surface area contributed by atoms with E-state index in [1.807, 2.05) is 25.1 Å². The molecule has 2 rings (SSSR count). The van der Waals surface area contributed by atoms with Crippen LogP contribution in [0.25, 0.3) is 0 Å². The van der Waals surface area contributed by atoms with Gasteiger partial charge in [-0.05, 0) is 42.5 Å². The molecule has 128 valence electrons. The van der Waals surface area contributed by atoms with Crippen LogP contribution >= 0.6 is 0 Å². The molecule has 2 aromatic rings. The van der Waals surface area contributed by atoms with Crippen LogP contribution in [0.5, 0.6) is 5.75 Å². The van der Waals surface area contributed by atoms with Crippen molar-refractivity contribution in [3.05, 3.63) is 65.5 Å². The van der Waals surface area contributed by atoms with Crippen LogP contribution in [0.2, 0.25) is 0 Å². The molecule has 0 aromatic heterocycles. The van der Waals surface area contributed by atoms with E-state index in [4.69, 9.17) is 4.74 Å². The summed E-state index contributed by atoms with van der Waals surface area (Å²) < 4.78 is 18.6. The van der Waals surface area contributed by atoms with E-state index >= 15 is 0 Å². The number of ether oxygens (including phenoxy) is 1. The summed E-state index contributed by atoms with van der Waals surface area (Å²) in [4.78, 5) is 12.3. The molecule has 0 aliphatic heterocycles. The van der Waals surface area contributed by atoms with Crippen molar-refractivity contribution in [1.29, 1.82) is 0 Å². The summed E-state index contributed by atoms with van der Waals surface area (Å²) in [6.45, 7) is 6.26. The van der Waals surface area contributed by atoms with Gasteiger partial charge in [-0.25, -0.2) is 4.39 Å². The Bertz CT molecular complexity index is 698. The molecular formula is C20H24FNO2. The van der Waals surface area contributed by atoms with Crippen LogP contribution in [0.4, 0.5) is 4.39 Å². The highest BCUT2D eigenvalue weighted by Crippen LogP contribution is 2.28. The fourth-order valence-corrected chi connectivity index (χ4v) is 2.94. The molecule has 1 amide bonds. The normalized spacial score (nSPS) is 12.5. The predicted molar refractivity (Wildman–Crippen MR) is 94.0 cm³/mol. The smallest absolute Gasteiger partial charge is 0.251 e. The van der Waals surface area contributed by atoms with Gasteiger partial charge in [-0.15, -0.1) is 0 Å². The number of hydrogen-bond acceptors (Lipinski definition) is 2. The van der Waals surface area contributed by atoms with Crippen molar-refractivity contribution >= 4 is 5.91 Å². The van der Waals surface area contributed by atoms with Crippen molar-refractivity contribution in [3.8, 4) is 5.75 Å². The first-order chi connectivity index (χ1) is 11.3. The minimum absolute atomic E-state index is 0.0436. The zero-order chi connectivity index (χ0) is 17.7. The molecule has 24 heavy (non-hydrogen) atoms. The molecule has 0 heterocycles. The van der Waals surface area contributed by atoms with Crippen molar-refractivity contribution in [1.82, 2.24) is 5.32 Å². The van der Waals surface area contributed by atoms with Gasteiger partial charge in [0, 0.05) is 11.6 Å². The summed E-state index contributed by atoms with van der Waals surface area (Å²) in [5, 5.41) is 2.94. The zero-order valence-electron chi connectivity index (χ0n) is 14.6. The van der Waals surface area contributed by atoms with Gasteiger partial charge in [-0.2, -0.15) is 0 Å². The quantitative estimate of drug-likeness (QED) is 0.857. The Labute approximate surface area is 142 Å². The third-order valence-corrected chi connectivity index (χ3v) is 4.16. The highest BCUT2D eigenvalue weighted by Gasteiger charge is 2.24. The molecule has 0 fully saturated rings. The average Bonchev–Trinajstić information content (AvgIpc) is 2.55. The summed E-state index contributed by atoms with van der Waals surface area (Å²) in [7, 11) is 1.39. The van der Waals surface area contributed by atoms with Crippen LogP contribution < -0.4 is 10.1 Å². The standard InChI is InChI=1S/C20H24FNO2/c1-14(13-20(2,3)16-8-6-5-7-9-16)22-19(23)15-10-11-18(24-4)17(21)12-15/h5-12,14H,13H2,1-4H3,(H,22,23)/t14-/m0/s1. The summed E-state index contributed by atoms with van der Waals surface area (Å²) >= 11 is 0. The maximum Gasteiger partial charge on any atom is 0.251 e. The lowest BCUT2D eigenvalue weighted by molar-refractivity contribution is 0.0934. The van der Waals surface area contributed by atoms with Crippen molar-refractivity contribution in [3.63, 3.8) is 0 Å². The first kappa shape index (κ1) is 18.0. The van der Waals surface area contributed by atoms with Gasteiger partial charge in [-0.1, -0.05) is 44.2 Å². The van der Waals surface area contributed by atoms with Gasteiger partial charge in [-0.3, -0.25) is 4.79 Å². The van der Waals surface area contributed by atoms with Crippen LogP contribution in [0.1, 0.15) is 43.1 Å². The molecule has 0 radical (unpaired) electrons. The second kappa shape index (κ2) is 7.47. The Morgan fingerprint density at radius 3 is 2.46 bits per heavy atom. The van der Waals surface area contributed by atoms with Gasteiger partial charge in [0.2, 0.25) is 0 Å². The van der Waals surface area contributed by atoms with Gasteiger partial charge in [0.1, 0.15) is 0 Å². The van der Waals surface area contributed by atoms with Gasteiger partial charge in [0.15, 0.2) is 11.6 Å². The van der Waals surface area contributed by atoms with Crippen molar-refractivity contribution in [2.75, 3.05) is 7.11 Å². The van der Waals surface area contributed by atoms with E-state index in [0.29, 0.717) is 0 Å². The summed E-state index contributed by atoms with van der Waals surface area (Å²) in [5.74, 6) is -0.694. The van der Waals surface area contributed by atoms with E-state index in [1.165, 1.54) is 24.8 Å². The largest absolute Gasteiger partial charge is 0.494 e. The van der Waals surface area contributed by atoms with E-state index < -0.39 is 5.82 Å². The van der Waals surface area contributed by atoms with Crippen LogP contribution in [-0.4, -0.2) is 19.1 Å². The number of hydrogen-bond donors (Lipinski definition) is 1. The Morgan fingerprint density at radius 1 is 1.21 bits per heavy atom. The van der Waals surface area contributed by atoms with Crippen LogP contribution in [0.3, 0.4) is 0 Å². The fourth-order valence-electron chi connectivity index (χ4n) is 2.94. The average molecular weight is 329 g/mol. The first-order valence-electron chi connectivity index (χ1n) is 8.03. The fraction of sp³-hybridized carbons (Fsp3) is 0.350. The van der Waals surface area contributed by atoms with Crippen molar-refractivity contribution < 1.29 is 13.9 Å². The molecule has 0 saturated heterocycles. The highest BCUT2D eigenvalue weighted by molar-refractivity contribution is 5.94. The van der Waals surface area contributed by atoms with Gasteiger partial charge >= 0.3 is 0 Å². The molecule has 2 aromatic carbocycles. The lowest BCUT2D eigenvalue weighted by Crippen LogP contribution is -2.37. The van der Waals surface area contributed by atoms with E-state index in [-0.39, 0.29) is 28.7 Å². The number of rotatable bonds is 6. The minimum atomic E-state index is -0.539. The Morgan fingerprint density at radius 2 is 1.88 bits per heavy atom. The SMILES string of the molecule is COc1ccc(C(=O)N[C@@H](C)CC(C)(C)c2ccccc2)cc1F. The number of carbonyl (C=O) groups is 1. The third kappa shape index (κ3) is 4.34. The zero-order valence-corrected chi connectivity index (χ0v) is 14.6. The predicted octanol–water partition coefficient (Wildman–Crippen LogP) is 4.32. The Kier molecular flexibility index (Phi) is 5.60. The van der Waals surface area contributed by atoms with Gasteiger partial charge in [0.05, 0.1) is 7.11 Å². The monoisotopic (exact) mass is 329 g/mol. The van der Waals surface area contributed by atoms with E-state index in [9.17, 15) is 9.18 Å². The molecule has 0 unspecified atom stereocenters. The molecule has 0 aliphatic rings.